The van der Waals surface area contributed by atoms with E-state index in [9.17, 15) is 0 Å². The predicted octanol–water partition coefficient (Wildman–Crippen LogP) is 3.29. The van der Waals surface area contributed by atoms with Gasteiger partial charge in [0, 0.05) is 0 Å². The number of benzene rings is 1. The van der Waals surface area contributed by atoms with E-state index in [0.717, 1.165) is 0 Å². The first kappa shape index (κ1) is 7.62. The van der Waals surface area contributed by atoms with Crippen molar-refractivity contribution in [2.75, 3.05) is 0 Å². The standard InChI is InChI=1S/C9H11Cl/c1-7-4-3-5-9(6-7)8(2)10/h3-6,8H,1-2H3/t8-/m0/s1. The second kappa shape index (κ2) is 3.07. The number of hydrogen-bond acceptors (Lipinski definition) is 0. The van der Waals surface area contributed by atoms with Crippen LogP contribution < -0.4 is 0 Å². The zero-order valence-corrected chi connectivity index (χ0v) is 7.02. The van der Waals surface area contributed by atoms with Crippen molar-refractivity contribution in [3.05, 3.63) is 35.4 Å². The molecule has 0 saturated carbocycles. The molecule has 0 radical (unpaired) electrons. The Morgan fingerprint density at radius 2 is 2.10 bits per heavy atom. The molecule has 0 nitrogen and oxygen atoms in total. The smallest absolute Gasteiger partial charge is 0.0557 e. The van der Waals surface area contributed by atoms with Crippen molar-refractivity contribution in [1.29, 1.82) is 0 Å². The van der Waals surface area contributed by atoms with E-state index in [1.807, 2.05) is 19.1 Å². The Morgan fingerprint density at radius 1 is 1.40 bits per heavy atom. The highest BCUT2D eigenvalue weighted by Gasteiger charge is 1.98. The third kappa shape index (κ3) is 1.74. The first-order chi connectivity index (χ1) is 4.70. The molecule has 1 aromatic rings. The van der Waals surface area contributed by atoms with Gasteiger partial charge in [-0.3, -0.25) is 0 Å². The minimum absolute atomic E-state index is 0.125. The first-order valence-electron chi connectivity index (χ1n) is 3.41. The predicted molar refractivity (Wildman–Crippen MR) is 45.4 cm³/mol. The van der Waals surface area contributed by atoms with Gasteiger partial charge in [-0.1, -0.05) is 29.8 Å². The topological polar surface area (TPSA) is 0 Å². The summed E-state index contributed by atoms with van der Waals surface area (Å²) in [6.07, 6.45) is 0. The van der Waals surface area contributed by atoms with E-state index in [1.165, 1.54) is 11.1 Å². The Morgan fingerprint density at radius 3 is 2.50 bits per heavy atom. The molecule has 0 aliphatic carbocycles. The van der Waals surface area contributed by atoms with E-state index in [2.05, 4.69) is 19.1 Å². The van der Waals surface area contributed by atoms with Gasteiger partial charge in [-0.05, 0) is 19.4 Å². The van der Waals surface area contributed by atoms with Crippen LogP contribution in [0.2, 0.25) is 0 Å². The minimum atomic E-state index is 0.125. The highest BCUT2D eigenvalue weighted by Crippen LogP contribution is 2.19. The van der Waals surface area contributed by atoms with Crippen LogP contribution in [0, 0.1) is 6.92 Å². The maximum Gasteiger partial charge on any atom is 0.0557 e. The van der Waals surface area contributed by atoms with E-state index in [-0.39, 0.29) is 5.38 Å². The quantitative estimate of drug-likeness (QED) is 0.545. The van der Waals surface area contributed by atoms with Crippen molar-refractivity contribution >= 4 is 11.6 Å². The largest absolute Gasteiger partial charge is 0.118 e. The fraction of sp³-hybridized carbons (Fsp3) is 0.333. The molecule has 0 unspecified atom stereocenters. The zero-order valence-electron chi connectivity index (χ0n) is 6.26. The molecule has 0 heterocycles. The molecular weight excluding hydrogens is 144 g/mol. The highest BCUT2D eigenvalue weighted by atomic mass is 35.5. The van der Waals surface area contributed by atoms with Crippen LogP contribution in [0.1, 0.15) is 23.4 Å². The number of aryl methyl sites for hydroxylation is 1. The minimum Gasteiger partial charge on any atom is -0.118 e. The molecule has 0 N–H and O–H groups in total. The SMILES string of the molecule is Cc1cccc([C@H](C)Cl)c1. The summed E-state index contributed by atoms with van der Waals surface area (Å²) in [5.74, 6) is 0. The fourth-order valence-corrected chi connectivity index (χ4v) is 1.05. The van der Waals surface area contributed by atoms with Gasteiger partial charge in [0.15, 0.2) is 0 Å². The molecule has 54 valence electrons. The van der Waals surface area contributed by atoms with Crippen molar-refractivity contribution in [3.8, 4) is 0 Å². The summed E-state index contributed by atoms with van der Waals surface area (Å²) in [5.41, 5.74) is 2.46. The lowest BCUT2D eigenvalue weighted by Gasteiger charge is -2.02. The van der Waals surface area contributed by atoms with Crippen LogP contribution >= 0.6 is 11.6 Å². The Hall–Kier alpha value is -0.490. The highest BCUT2D eigenvalue weighted by molar-refractivity contribution is 6.20. The van der Waals surface area contributed by atoms with Crippen molar-refractivity contribution in [2.45, 2.75) is 19.2 Å². The van der Waals surface area contributed by atoms with Crippen molar-refractivity contribution in [1.82, 2.24) is 0 Å². The fourth-order valence-electron chi connectivity index (χ4n) is 0.918. The van der Waals surface area contributed by atoms with E-state index >= 15 is 0 Å². The summed E-state index contributed by atoms with van der Waals surface area (Å²) in [6.45, 7) is 4.05. The lowest BCUT2D eigenvalue weighted by Crippen LogP contribution is -1.83. The summed E-state index contributed by atoms with van der Waals surface area (Å²) in [5, 5.41) is 0.125. The molecule has 10 heavy (non-hydrogen) atoms. The van der Waals surface area contributed by atoms with E-state index in [0.29, 0.717) is 0 Å². The summed E-state index contributed by atoms with van der Waals surface area (Å²) < 4.78 is 0. The van der Waals surface area contributed by atoms with E-state index < -0.39 is 0 Å². The van der Waals surface area contributed by atoms with Gasteiger partial charge in [0.1, 0.15) is 0 Å². The normalized spacial score (nSPS) is 13.1. The average Bonchev–Trinajstić information content (AvgIpc) is 1.88. The van der Waals surface area contributed by atoms with Crippen molar-refractivity contribution in [3.63, 3.8) is 0 Å². The second-order valence-electron chi connectivity index (χ2n) is 2.53. The van der Waals surface area contributed by atoms with Crippen LogP contribution in [0.3, 0.4) is 0 Å². The maximum atomic E-state index is 5.88. The maximum absolute atomic E-state index is 5.88. The van der Waals surface area contributed by atoms with Gasteiger partial charge in [0.25, 0.3) is 0 Å². The van der Waals surface area contributed by atoms with Crippen LogP contribution in [0.25, 0.3) is 0 Å². The number of halogens is 1. The summed E-state index contributed by atoms with van der Waals surface area (Å²) in [7, 11) is 0. The van der Waals surface area contributed by atoms with Crippen LogP contribution in [0.4, 0.5) is 0 Å². The Balaban J connectivity index is 2.96. The van der Waals surface area contributed by atoms with Crippen molar-refractivity contribution < 1.29 is 0 Å². The molecule has 1 atom stereocenters. The number of rotatable bonds is 1. The molecule has 0 spiro atoms. The molecule has 0 aromatic heterocycles. The Kier molecular flexibility index (Phi) is 2.34. The van der Waals surface area contributed by atoms with Gasteiger partial charge in [-0.2, -0.15) is 0 Å². The van der Waals surface area contributed by atoms with Crippen molar-refractivity contribution in [2.24, 2.45) is 0 Å². The first-order valence-corrected chi connectivity index (χ1v) is 3.84. The van der Waals surface area contributed by atoms with Gasteiger partial charge in [-0.15, -0.1) is 11.6 Å². The van der Waals surface area contributed by atoms with Crippen LogP contribution in [0.15, 0.2) is 24.3 Å². The van der Waals surface area contributed by atoms with Gasteiger partial charge in [0.05, 0.1) is 5.38 Å². The van der Waals surface area contributed by atoms with Gasteiger partial charge in [0.2, 0.25) is 0 Å². The third-order valence-electron chi connectivity index (χ3n) is 1.50. The van der Waals surface area contributed by atoms with E-state index in [4.69, 9.17) is 11.6 Å². The van der Waals surface area contributed by atoms with Crippen LogP contribution in [0.5, 0.6) is 0 Å². The van der Waals surface area contributed by atoms with Gasteiger partial charge in [-0.25, -0.2) is 0 Å². The average molecular weight is 155 g/mol. The molecule has 1 rings (SSSR count). The van der Waals surface area contributed by atoms with Crippen LogP contribution in [-0.2, 0) is 0 Å². The summed E-state index contributed by atoms with van der Waals surface area (Å²) in [4.78, 5) is 0. The number of hydrogen-bond donors (Lipinski definition) is 0. The summed E-state index contributed by atoms with van der Waals surface area (Å²) >= 11 is 5.88. The lowest BCUT2D eigenvalue weighted by molar-refractivity contribution is 1.08. The monoisotopic (exact) mass is 154 g/mol. The van der Waals surface area contributed by atoms with Gasteiger partial charge < -0.3 is 0 Å². The van der Waals surface area contributed by atoms with E-state index in [1.54, 1.807) is 0 Å². The molecule has 0 aliphatic heterocycles. The molecule has 0 amide bonds. The third-order valence-corrected chi connectivity index (χ3v) is 1.75. The molecule has 0 aliphatic rings. The second-order valence-corrected chi connectivity index (χ2v) is 3.18. The molecule has 1 heteroatoms. The van der Waals surface area contributed by atoms with Gasteiger partial charge >= 0.3 is 0 Å². The zero-order chi connectivity index (χ0) is 7.56. The Labute approximate surface area is 66.8 Å². The number of alkyl halides is 1. The molecule has 0 saturated heterocycles. The molecule has 0 fully saturated rings. The Bertz CT molecular complexity index is 216. The summed E-state index contributed by atoms with van der Waals surface area (Å²) in [6, 6.07) is 8.26. The molecule has 0 bridgehead atoms. The molecular formula is C9H11Cl. The lowest BCUT2D eigenvalue weighted by atomic mass is 10.1. The van der Waals surface area contributed by atoms with Crippen LogP contribution in [-0.4, -0.2) is 0 Å². The molecule has 1 aromatic carbocycles.